The molecule has 35 heavy (non-hydrogen) atoms. The zero-order valence-electron chi connectivity index (χ0n) is 20.3. The van der Waals surface area contributed by atoms with E-state index in [1.807, 2.05) is 55.5 Å². The Morgan fingerprint density at radius 3 is 2.43 bits per heavy atom. The van der Waals surface area contributed by atoms with Crippen LogP contribution in [-0.4, -0.2) is 43.9 Å². The fourth-order valence-corrected chi connectivity index (χ4v) is 3.31. The Morgan fingerprint density at radius 1 is 1.06 bits per heavy atom. The first kappa shape index (κ1) is 25.2. The highest BCUT2D eigenvalue weighted by Crippen LogP contribution is 2.23. The van der Waals surface area contributed by atoms with Gasteiger partial charge in [0.15, 0.2) is 5.76 Å². The summed E-state index contributed by atoms with van der Waals surface area (Å²) in [6.45, 7) is 3.74. The van der Waals surface area contributed by atoms with Crippen molar-refractivity contribution in [2.45, 2.75) is 20.5 Å². The third kappa shape index (κ3) is 6.35. The van der Waals surface area contributed by atoms with Crippen LogP contribution in [0.15, 0.2) is 75.7 Å². The van der Waals surface area contributed by atoms with Crippen LogP contribution < -0.4 is 0 Å². The Bertz CT molecular complexity index is 1240. The van der Waals surface area contributed by atoms with Crippen molar-refractivity contribution in [3.05, 3.63) is 83.2 Å². The number of rotatable bonds is 10. The molecule has 0 unspecified atom stereocenters. The Kier molecular flexibility index (Phi) is 8.77. The molecule has 3 aromatic rings. The lowest BCUT2D eigenvalue weighted by Gasteiger charge is -2.11. The number of oxime groups is 2. The minimum absolute atomic E-state index is 0.107. The zero-order chi connectivity index (χ0) is 25.2. The molecule has 9 nitrogen and oxygen atoms in total. The summed E-state index contributed by atoms with van der Waals surface area (Å²) >= 11 is 0. The van der Waals surface area contributed by atoms with Crippen LogP contribution in [0.4, 0.5) is 0 Å². The lowest BCUT2D eigenvalue weighted by Crippen LogP contribution is -2.13. The van der Waals surface area contributed by atoms with Crippen LogP contribution in [0, 0.1) is 6.92 Å². The van der Waals surface area contributed by atoms with Gasteiger partial charge >= 0.3 is 5.97 Å². The number of esters is 1. The van der Waals surface area contributed by atoms with E-state index in [1.54, 1.807) is 13.0 Å². The number of aryl methyl sites for hydroxylation is 1. The minimum Gasteiger partial charge on any atom is -0.503 e. The largest absolute Gasteiger partial charge is 0.503 e. The van der Waals surface area contributed by atoms with Gasteiger partial charge in [0.05, 0.1) is 26.2 Å². The summed E-state index contributed by atoms with van der Waals surface area (Å²) in [7, 11) is 4.24. The predicted molar refractivity (Wildman–Crippen MR) is 132 cm³/mol. The third-order valence-corrected chi connectivity index (χ3v) is 4.97. The number of methoxy groups -OCH3 is 2. The fourth-order valence-electron chi connectivity index (χ4n) is 3.31. The summed E-state index contributed by atoms with van der Waals surface area (Å²) in [5.74, 6) is 0.165. The summed E-state index contributed by atoms with van der Waals surface area (Å²) in [6.07, 6.45) is 1.34. The molecule has 0 saturated heterocycles. The first-order valence-corrected chi connectivity index (χ1v) is 10.7. The monoisotopic (exact) mass is 477 g/mol. The van der Waals surface area contributed by atoms with E-state index in [2.05, 4.69) is 15.5 Å². The molecule has 0 fully saturated rings. The number of ether oxygens (including phenoxy) is 2. The maximum absolute atomic E-state index is 12.2. The van der Waals surface area contributed by atoms with Crippen LogP contribution in [0.2, 0.25) is 0 Å². The maximum atomic E-state index is 12.2. The molecule has 0 amide bonds. The van der Waals surface area contributed by atoms with Crippen LogP contribution in [0.1, 0.15) is 29.3 Å². The van der Waals surface area contributed by atoms with E-state index in [0.717, 1.165) is 22.4 Å². The molecule has 0 saturated carbocycles. The highest BCUT2D eigenvalue weighted by Gasteiger charge is 2.17. The molecular formula is C26H27N3O6. The molecule has 0 radical (unpaired) electrons. The standard InChI is InChI=1S/C26H27N3O6/c1-17-14-24(35-27-17)19-10-12-20(13-11-19)25(29-33-5)18(2)28-34-15-21-8-6-7-9-22(21)23(16-31-3)26(30)32-4/h6-14,16H,15H2,1-5H3/b23-16+,28-18+,29-25-. The molecular weight excluding hydrogens is 450 g/mol. The average molecular weight is 478 g/mol. The molecule has 9 heteroatoms. The van der Waals surface area contributed by atoms with Gasteiger partial charge in [-0.25, -0.2) is 4.79 Å². The van der Waals surface area contributed by atoms with Gasteiger partial charge in [-0.3, -0.25) is 0 Å². The van der Waals surface area contributed by atoms with Crippen LogP contribution >= 0.6 is 0 Å². The van der Waals surface area contributed by atoms with E-state index >= 15 is 0 Å². The topological polar surface area (TPSA) is 105 Å². The molecule has 182 valence electrons. The fraction of sp³-hybridized carbons (Fsp3) is 0.231. The van der Waals surface area contributed by atoms with Crippen molar-refractivity contribution in [2.75, 3.05) is 21.3 Å². The zero-order valence-corrected chi connectivity index (χ0v) is 20.3. The number of hydrogen-bond acceptors (Lipinski definition) is 9. The third-order valence-electron chi connectivity index (χ3n) is 4.97. The number of aromatic nitrogens is 1. The summed E-state index contributed by atoms with van der Waals surface area (Å²) in [6, 6.07) is 16.7. The van der Waals surface area contributed by atoms with Crippen molar-refractivity contribution in [1.82, 2.24) is 5.16 Å². The Balaban J connectivity index is 1.78. The quantitative estimate of drug-likeness (QED) is 0.136. The van der Waals surface area contributed by atoms with Crippen LogP contribution in [0.5, 0.6) is 0 Å². The predicted octanol–water partition coefficient (Wildman–Crippen LogP) is 4.75. The molecule has 0 spiro atoms. The van der Waals surface area contributed by atoms with Crippen molar-refractivity contribution in [1.29, 1.82) is 0 Å². The molecule has 1 aromatic heterocycles. The van der Waals surface area contributed by atoms with Crippen molar-refractivity contribution in [3.63, 3.8) is 0 Å². The maximum Gasteiger partial charge on any atom is 0.341 e. The summed E-state index contributed by atoms with van der Waals surface area (Å²) in [5.41, 5.74) is 5.13. The van der Waals surface area contributed by atoms with Gasteiger partial charge in [0.25, 0.3) is 0 Å². The number of hydrogen-bond donors (Lipinski definition) is 0. The Hall–Kier alpha value is -4.40. The van der Waals surface area contributed by atoms with Gasteiger partial charge in [-0.15, -0.1) is 0 Å². The normalized spacial score (nSPS) is 12.3. The molecule has 0 bridgehead atoms. The van der Waals surface area contributed by atoms with Crippen molar-refractivity contribution >= 4 is 23.0 Å². The van der Waals surface area contributed by atoms with E-state index in [9.17, 15) is 4.79 Å². The van der Waals surface area contributed by atoms with Crippen molar-refractivity contribution in [2.24, 2.45) is 10.3 Å². The number of benzene rings is 2. The van der Waals surface area contributed by atoms with E-state index in [4.69, 9.17) is 23.7 Å². The van der Waals surface area contributed by atoms with Gasteiger partial charge in [0.1, 0.15) is 30.7 Å². The SMILES string of the molecule is CO/C=C(/C(=O)OC)c1ccccc1CO/N=C(C)/C(=N/OC)c1ccc(-c2cc(C)no2)cc1. The summed E-state index contributed by atoms with van der Waals surface area (Å²) in [5, 5.41) is 12.3. The van der Waals surface area contributed by atoms with Gasteiger partial charge in [-0.05, 0) is 19.4 Å². The average Bonchev–Trinajstić information content (AvgIpc) is 3.32. The molecule has 0 aliphatic heterocycles. The molecule has 0 aliphatic rings. The highest BCUT2D eigenvalue weighted by molar-refractivity contribution is 6.47. The molecule has 1 heterocycles. The number of carbonyl (C=O) groups excluding carboxylic acids is 1. The van der Waals surface area contributed by atoms with Gasteiger partial charge in [-0.2, -0.15) is 0 Å². The van der Waals surface area contributed by atoms with Crippen LogP contribution in [0.25, 0.3) is 16.9 Å². The first-order chi connectivity index (χ1) is 17.0. The van der Waals surface area contributed by atoms with Gasteiger partial charge in [-0.1, -0.05) is 64.0 Å². The molecule has 0 atom stereocenters. The molecule has 2 aromatic carbocycles. The second kappa shape index (κ2) is 12.2. The molecule has 3 rings (SSSR count). The second-order valence-corrected chi connectivity index (χ2v) is 7.40. The summed E-state index contributed by atoms with van der Waals surface area (Å²) in [4.78, 5) is 22.8. The van der Waals surface area contributed by atoms with Gasteiger partial charge < -0.3 is 23.7 Å². The molecule has 0 N–H and O–H groups in total. The van der Waals surface area contributed by atoms with E-state index in [0.29, 0.717) is 22.7 Å². The van der Waals surface area contributed by atoms with Gasteiger partial charge in [0.2, 0.25) is 0 Å². The minimum atomic E-state index is -0.516. The second-order valence-electron chi connectivity index (χ2n) is 7.40. The highest BCUT2D eigenvalue weighted by atomic mass is 16.6. The van der Waals surface area contributed by atoms with E-state index in [-0.39, 0.29) is 12.2 Å². The molecule has 0 aliphatic carbocycles. The van der Waals surface area contributed by atoms with Crippen molar-refractivity contribution in [3.8, 4) is 11.3 Å². The van der Waals surface area contributed by atoms with Crippen molar-refractivity contribution < 1.29 is 28.5 Å². The smallest absolute Gasteiger partial charge is 0.341 e. The first-order valence-electron chi connectivity index (χ1n) is 10.7. The Morgan fingerprint density at radius 2 is 1.80 bits per heavy atom. The van der Waals surface area contributed by atoms with Crippen LogP contribution in [0.3, 0.4) is 0 Å². The Labute approximate surface area is 203 Å². The van der Waals surface area contributed by atoms with Crippen LogP contribution in [-0.2, 0) is 30.6 Å². The lowest BCUT2D eigenvalue weighted by molar-refractivity contribution is -0.133. The lowest BCUT2D eigenvalue weighted by atomic mass is 10.0. The number of carbonyl (C=O) groups is 1. The van der Waals surface area contributed by atoms with E-state index in [1.165, 1.54) is 27.6 Å². The van der Waals surface area contributed by atoms with E-state index < -0.39 is 5.97 Å². The van der Waals surface area contributed by atoms with Gasteiger partial charge in [0, 0.05) is 22.8 Å². The summed E-state index contributed by atoms with van der Waals surface area (Å²) < 4.78 is 15.2. The number of nitrogens with zero attached hydrogens (tertiary/aromatic N) is 3.